The van der Waals surface area contributed by atoms with E-state index in [1.165, 1.54) is 12.4 Å². The van der Waals surface area contributed by atoms with Gasteiger partial charge in [0.05, 0.1) is 16.8 Å². The summed E-state index contributed by atoms with van der Waals surface area (Å²) in [6, 6.07) is 8.91. The smallest absolute Gasteiger partial charge is 0.257 e. The highest BCUT2D eigenvalue weighted by Gasteiger charge is 2.15. The molecule has 0 aliphatic carbocycles. The zero-order valence-electron chi connectivity index (χ0n) is 13.8. The van der Waals surface area contributed by atoms with Gasteiger partial charge in [-0.1, -0.05) is 25.5 Å². The third kappa shape index (κ3) is 4.64. The lowest BCUT2D eigenvalue weighted by Gasteiger charge is -2.16. The van der Waals surface area contributed by atoms with Gasteiger partial charge in [-0.15, -0.1) is 0 Å². The molecule has 0 aliphatic rings. The van der Waals surface area contributed by atoms with Crippen LogP contribution in [0.1, 0.15) is 40.5 Å². The molecule has 0 bridgehead atoms. The van der Waals surface area contributed by atoms with Gasteiger partial charge < -0.3 is 10.2 Å². The first kappa shape index (κ1) is 18.1. The molecular weight excluding hydrogens is 370 g/mol. The van der Waals surface area contributed by atoms with Crippen molar-refractivity contribution in [2.45, 2.75) is 19.8 Å². The summed E-state index contributed by atoms with van der Waals surface area (Å²) in [6.07, 6.45) is 4.90. The fraction of sp³-hybridized carbons (Fsp3) is 0.278. The van der Waals surface area contributed by atoms with Gasteiger partial charge in [-0.2, -0.15) is 0 Å². The van der Waals surface area contributed by atoms with Crippen LogP contribution in [0.15, 0.2) is 47.2 Å². The number of unbranched alkanes of at least 4 members (excludes halogenated alkanes) is 1. The van der Waals surface area contributed by atoms with Gasteiger partial charge in [-0.25, -0.2) is 0 Å². The second kappa shape index (κ2) is 8.59. The molecule has 2 amide bonds. The van der Waals surface area contributed by atoms with Crippen LogP contribution in [0.2, 0.25) is 0 Å². The van der Waals surface area contributed by atoms with Gasteiger partial charge in [0.2, 0.25) is 0 Å². The van der Waals surface area contributed by atoms with E-state index in [-0.39, 0.29) is 11.8 Å². The van der Waals surface area contributed by atoms with Crippen LogP contribution in [0.5, 0.6) is 0 Å². The molecule has 0 saturated carbocycles. The number of pyridine rings is 1. The van der Waals surface area contributed by atoms with Gasteiger partial charge in [-0.3, -0.25) is 14.6 Å². The first-order valence-corrected chi connectivity index (χ1v) is 8.58. The number of nitrogens with one attached hydrogen (secondary N) is 1. The Morgan fingerprint density at radius 1 is 1.21 bits per heavy atom. The highest BCUT2D eigenvalue weighted by molar-refractivity contribution is 9.10. The zero-order valence-corrected chi connectivity index (χ0v) is 15.3. The monoisotopic (exact) mass is 389 g/mol. The lowest BCUT2D eigenvalue weighted by Crippen LogP contribution is -2.28. The van der Waals surface area contributed by atoms with Crippen molar-refractivity contribution in [3.63, 3.8) is 0 Å². The normalized spacial score (nSPS) is 10.3. The summed E-state index contributed by atoms with van der Waals surface area (Å²) in [5, 5.41) is 2.81. The second-order valence-corrected chi connectivity index (χ2v) is 6.33. The summed E-state index contributed by atoms with van der Waals surface area (Å²) < 4.78 is 0.790. The Morgan fingerprint density at radius 2 is 1.92 bits per heavy atom. The molecule has 0 unspecified atom stereocenters. The molecule has 0 atom stereocenters. The van der Waals surface area contributed by atoms with Crippen LogP contribution >= 0.6 is 15.9 Å². The van der Waals surface area contributed by atoms with Crippen LogP contribution in [-0.4, -0.2) is 35.3 Å². The van der Waals surface area contributed by atoms with Crippen LogP contribution in [0.4, 0.5) is 5.69 Å². The zero-order chi connectivity index (χ0) is 17.5. The molecule has 126 valence electrons. The lowest BCUT2D eigenvalue weighted by atomic mass is 10.1. The number of rotatable bonds is 6. The first-order valence-electron chi connectivity index (χ1n) is 7.79. The van der Waals surface area contributed by atoms with E-state index in [1.807, 2.05) is 18.2 Å². The molecular formula is C18H20BrN3O2. The molecule has 0 aliphatic heterocycles. The van der Waals surface area contributed by atoms with Crippen LogP contribution in [0.25, 0.3) is 0 Å². The van der Waals surface area contributed by atoms with Crippen molar-refractivity contribution < 1.29 is 9.59 Å². The van der Waals surface area contributed by atoms with Crippen molar-refractivity contribution in [2.24, 2.45) is 0 Å². The van der Waals surface area contributed by atoms with Gasteiger partial charge in [0.25, 0.3) is 11.8 Å². The van der Waals surface area contributed by atoms with Crippen molar-refractivity contribution in [1.82, 2.24) is 9.88 Å². The summed E-state index contributed by atoms with van der Waals surface area (Å²) in [6.45, 7) is 2.76. The van der Waals surface area contributed by atoms with E-state index in [4.69, 9.17) is 0 Å². The molecule has 2 aromatic rings. The van der Waals surface area contributed by atoms with Crippen LogP contribution < -0.4 is 5.32 Å². The average Bonchev–Trinajstić information content (AvgIpc) is 2.61. The molecule has 1 aromatic carbocycles. The molecule has 0 spiro atoms. The van der Waals surface area contributed by atoms with Crippen LogP contribution in [-0.2, 0) is 0 Å². The fourth-order valence-corrected chi connectivity index (χ4v) is 2.54. The van der Waals surface area contributed by atoms with E-state index in [1.54, 1.807) is 24.1 Å². The van der Waals surface area contributed by atoms with Crippen molar-refractivity contribution in [3.8, 4) is 0 Å². The lowest BCUT2D eigenvalue weighted by molar-refractivity contribution is 0.0793. The summed E-state index contributed by atoms with van der Waals surface area (Å²) in [7, 11) is 1.76. The number of hydrogen-bond acceptors (Lipinski definition) is 3. The van der Waals surface area contributed by atoms with E-state index < -0.39 is 0 Å². The molecule has 0 radical (unpaired) electrons. The molecule has 1 aromatic heterocycles. The third-order valence-electron chi connectivity index (χ3n) is 3.56. The van der Waals surface area contributed by atoms with E-state index in [0.29, 0.717) is 23.4 Å². The summed E-state index contributed by atoms with van der Waals surface area (Å²) in [4.78, 5) is 30.5. The predicted molar refractivity (Wildman–Crippen MR) is 98.2 cm³/mol. The quantitative estimate of drug-likeness (QED) is 0.812. The number of nitrogens with zero attached hydrogens (tertiary/aromatic N) is 2. The fourth-order valence-electron chi connectivity index (χ4n) is 2.16. The number of carbonyl (C=O) groups is 2. The molecule has 5 nitrogen and oxygen atoms in total. The van der Waals surface area contributed by atoms with Gasteiger partial charge in [0.1, 0.15) is 0 Å². The predicted octanol–water partition coefficient (Wildman–Crippen LogP) is 3.97. The number of para-hydroxylation sites is 1. The van der Waals surface area contributed by atoms with Gasteiger partial charge in [0, 0.05) is 30.5 Å². The van der Waals surface area contributed by atoms with Crippen LogP contribution in [0, 0.1) is 0 Å². The molecule has 1 heterocycles. The number of aromatic nitrogens is 1. The van der Waals surface area contributed by atoms with Gasteiger partial charge in [0.15, 0.2) is 0 Å². The number of hydrogen-bond donors (Lipinski definition) is 1. The Bertz CT molecular complexity index is 734. The maximum absolute atomic E-state index is 12.4. The minimum atomic E-state index is -0.305. The van der Waals surface area contributed by atoms with E-state index >= 15 is 0 Å². The number of carbonyl (C=O) groups excluding carboxylic acids is 2. The molecule has 6 heteroatoms. The van der Waals surface area contributed by atoms with Crippen LogP contribution in [0.3, 0.4) is 0 Å². The summed E-state index contributed by atoms with van der Waals surface area (Å²) in [5.41, 5.74) is 1.42. The highest BCUT2D eigenvalue weighted by Crippen LogP contribution is 2.22. The number of anilines is 1. The van der Waals surface area contributed by atoms with E-state index in [0.717, 1.165) is 17.3 Å². The topological polar surface area (TPSA) is 62.3 Å². The second-order valence-electron chi connectivity index (χ2n) is 5.48. The minimum absolute atomic E-state index is 0.133. The maximum atomic E-state index is 12.4. The first-order chi connectivity index (χ1) is 11.5. The Hall–Kier alpha value is -2.21. The molecule has 1 N–H and O–H groups in total. The largest absolute Gasteiger partial charge is 0.342 e. The summed E-state index contributed by atoms with van der Waals surface area (Å²) in [5.74, 6) is -0.438. The van der Waals surface area contributed by atoms with Crippen molar-refractivity contribution in [1.29, 1.82) is 0 Å². The average molecular weight is 390 g/mol. The van der Waals surface area contributed by atoms with Crippen molar-refractivity contribution in [2.75, 3.05) is 18.9 Å². The third-order valence-corrected chi connectivity index (χ3v) is 4.25. The number of amides is 2. The molecule has 2 rings (SSSR count). The van der Waals surface area contributed by atoms with Crippen molar-refractivity contribution >= 4 is 33.4 Å². The Labute approximate surface area is 150 Å². The Balaban J connectivity index is 2.13. The van der Waals surface area contributed by atoms with E-state index in [2.05, 4.69) is 33.2 Å². The Morgan fingerprint density at radius 3 is 2.62 bits per heavy atom. The van der Waals surface area contributed by atoms with Gasteiger partial charge >= 0.3 is 0 Å². The van der Waals surface area contributed by atoms with Gasteiger partial charge in [-0.05, 0) is 40.5 Å². The SMILES string of the molecule is CCCCN(C)C(=O)c1cncc(C(=O)Nc2ccccc2Br)c1. The Kier molecular flexibility index (Phi) is 6.49. The van der Waals surface area contributed by atoms with E-state index in [9.17, 15) is 9.59 Å². The number of halogens is 1. The molecule has 0 saturated heterocycles. The maximum Gasteiger partial charge on any atom is 0.257 e. The molecule has 0 fully saturated rings. The molecule has 24 heavy (non-hydrogen) atoms. The standard InChI is InChI=1S/C18H20BrN3O2/c1-3-4-9-22(2)18(24)14-10-13(11-20-12-14)17(23)21-16-8-6-5-7-15(16)19/h5-8,10-12H,3-4,9H2,1-2H3,(H,21,23). The summed E-state index contributed by atoms with van der Waals surface area (Å²) >= 11 is 3.39. The minimum Gasteiger partial charge on any atom is -0.342 e. The highest BCUT2D eigenvalue weighted by atomic mass is 79.9. The van der Waals surface area contributed by atoms with Crippen molar-refractivity contribution in [3.05, 3.63) is 58.3 Å². The number of benzene rings is 1.